The van der Waals surface area contributed by atoms with Crippen LogP contribution in [0.4, 0.5) is 0 Å². The molecule has 0 aliphatic carbocycles. The van der Waals surface area contributed by atoms with Crippen molar-refractivity contribution in [3.63, 3.8) is 0 Å². The number of carbonyl (C=O) groups is 3. The van der Waals surface area contributed by atoms with E-state index in [1.807, 2.05) is 0 Å². The molecule has 1 unspecified atom stereocenters. The summed E-state index contributed by atoms with van der Waals surface area (Å²) in [7, 11) is 0. The van der Waals surface area contributed by atoms with Gasteiger partial charge in [0.25, 0.3) is 0 Å². The number of carbonyl (C=O) groups excluding carboxylic acids is 3. The largest absolute Gasteiger partial charge is 0.462 e. The number of rotatable bonds is 55. The van der Waals surface area contributed by atoms with Crippen molar-refractivity contribution in [3.05, 3.63) is 36.5 Å². The summed E-state index contributed by atoms with van der Waals surface area (Å²) in [5, 5.41) is 0. The van der Waals surface area contributed by atoms with Crippen LogP contribution in [0.5, 0.6) is 0 Å². The predicted molar refractivity (Wildman–Crippen MR) is 293 cm³/mol. The van der Waals surface area contributed by atoms with Gasteiger partial charge in [-0.3, -0.25) is 14.4 Å². The fourth-order valence-corrected chi connectivity index (χ4v) is 8.86. The van der Waals surface area contributed by atoms with Gasteiger partial charge in [-0.2, -0.15) is 0 Å². The first kappa shape index (κ1) is 65.6. The molecule has 398 valence electrons. The molecule has 0 aromatic rings. The normalized spacial score (nSPS) is 12.2. The smallest absolute Gasteiger partial charge is 0.306 e. The van der Waals surface area contributed by atoms with Crippen molar-refractivity contribution < 1.29 is 28.6 Å². The van der Waals surface area contributed by atoms with Crippen LogP contribution in [0, 0.1) is 0 Å². The van der Waals surface area contributed by atoms with Crippen LogP contribution in [-0.2, 0) is 28.6 Å². The Kier molecular flexibility index (Phi) is 55.2. The van der Waals surface area contributed by atoms with Crippen molar-refractivity contribution in [2.45, 2.75) is 329 Å². The van der Waals surface area contributed by atoms with Gasteiger partial charge in [0.05, 0.1) is 0 Å². The van der Waals surface area contributed by atoms with E-state index in [1.54, 1.807) is 0 Å². The van der Waals surface area contributed by atoms with E-state index >= 15 is 0 Å². The molecule has 0 aliphatic rings. The Morgan fingerprint density at radius 3 is 0.824 bits per heavy atom. The zero-order valence-electron chi connectivity index (χ0n) is 45.6. The van der Waals surface area contributed by atoms with Crippen LogP contribution in [0.3, 0.4) is 0 Å². The lowest BCUT2D eigenvalue weighted by molar-refractivity contribution is -0.167. The van der Waals surface area contributed by atoms with Gasteiger partial charge < -0.3 is 14.2 Å². The van der Waals surface area contributed by atoms with Gasteiger partial charge >= 0.3 is 17.9 Å². The number of hydrogen-bond donors (Lipinski definition) is 0. The van der Waals surface area contributed by atoms with Gasteiger partial charge in [-0.1, -0.05) is 282 Å². The standard InChI is InChI=1S/C62H114O6/c1-4-7-10-13-16-19-21-23-25-27-29-30-31-32-34-35-37-39-41-43-46-49-52-55-61(64)67-58-59(57-66-60(63)54-51-48-45-18-15-12-9-6-3)68-62(65)56-53-50-47-44-42-40-38-36-33-28-26-24-22-20-17-14-11-8-5-2/h21,23,27,29,31-32,59H,4-20,22,24-26,28,30,33-58H2,1-3H3/b23-21-,29-27-,32-31-. The Hall–Kier alpha value is -2.37. The molecule has 0 radical (unpaired) electrons. The second-order valence-corrected chi connectivity index (χ2v) is 20.3. The molecule has 0 aromatic carbocycles. The van der Waals surface area contributed by atoms with Crippen molar-refractivity contribution >= 4 is 17.9 Å². The highest BCUT2D eigenvalue weighted by molar-refractivity contribution is 5.71. The number of unbranched alkanes of at least 4 members (excludes halogenated alkanes) is 38. The van der Waals surface area contributed by atoms with Gasteiger partial charge in [-0.25, -0.2) is 0 Å². The van der Waals surface area contributed by atoms with Crippen LogP contribution in [0.25, 0.3) is 0 Å². The molecule has 1 atom stereocenters. The molecule has 0 spiro atoms. The van der Waals surface area contributed by atoms with E-state index in [0.717, 1.165) is 77.0 Å². The number of hydrogen-bond acceptors (Lipinski definition) is 6. The highest BCUT2D eigenvalue weighted by Crippen LogP contribution is 2.17. The summed E-state index contributed by atoms with van der Waals surface area (Å²) in [4.78, 5) is 38.0. The molecule has 0 aromatic heterocycles. The average molecular weight is 956 g/mol. The van der Waals surface area contributed by atoms with Crippen LogP contribution in [0.15, 0.2) is 36.5 Å². The molecule has 0 saturated heterocycles. The van der Waals surface area contributed by atoms with Gasteiger partial charge in [0.1, 0.15) is 13.2 Å². The molecular formula is C62H114O6. The third kappa shape index (κ3) is 54.6. The average Bonchev–Trinajstić information content (AvgIpc) is 3.34. The van der Waals surface area contributed by atoms with E-state index < -0.39 is 6.10 Å². The van der Waals surface area contributed by atoms with Crippen molar-refractivity contribution in [2.24, 2.45) is 0 Å². The monoisotopic (exact) mass is 955 g/mol. The number of esters is 3. The first-order valence-corrected chi connectivity index (χ1v) is 30.0. The van der Waals surface area contributed by atoms with Crippen LogP contribution < -0.4 is 0 Å². The molecule has 0 N–H and O–H groups in total. The van der Waals surface area contributed by atoms with E-state index in [1.165, 1.54) is 205 Å². The third-order valence-electron chi connectivity index (χ3n) is 13.4. The van der Waals surface area contributed by atoms with Crippen LogP contribution >= 0.6 is 0 Å². The van der Waals surface area contributed by atoms with Crippen molar-refractivity contribution in [3.8, 4) is 0 Å². The minimum absolute atomic E-state index is 0.0703. The fourth-order valence-electron chi connectivity index (χ4n) is 8.86. The zero-order chi connectivity index (χ0) is 49.3. The number of allylic oxidation sites excluding steroid dienone is 6. The molecule has 68 heavy (non-hydrogen) atoms. The summed E-state index contributed by atoms with van der Waals surface area (Å²) < 4.78 is 16.8. The Morgan fingerprint density at radius 1 is 0.294 bits per heavy atom. The number of ether oxygens (including phenoxy) is 3. The SMILES string of the molecule is CCCCCCC/C=C\C/C=C\C/C=C\CCCCCCCCCCC(=O)OCC(COC(=O)CCCCCCCCCC)OC(=O)CCCCCCCCCCCCCCCCCCCCC. The third-order valence-corrected chi connectivity index (χ3v) is 13.4. The highest BCUT2D eigenvalue weighted by Gasteiger charge is 2.19. The highest BCUT2D eigenvalue weighted by atomic mass is 16.6. The van der Waals surface area contributed by atoms with Gasteiger partial charge in [0.15, 0.2) is 6.10 Å². The van der Waals surface area contributed by atoms with Crippen molar-refractivity contribution in [1.29, 1.82) is 0 Å². The maximum atomic E-state index is 12.8. The first-order chi connectivity index (χ1) is 33.5. The van der Waals surface area contributed by atoms with Crippen LogP contribution in [0.1, 0.15) is 323 Å². The maximum absolute atomic E-state index is 12.8. The summed E-state index contributed by atoms with van der Waals surface area (Å²) in [5.74, 6) is -0.863. The molecule has 0 saturated carbocycles. The van der Waals surface area contributed by atoms with E-state index in [9.17, 15) is 14.4 Å². The van der Waals surface area contributed by atoms with Crippen molar-refractivity contribution in [1.82, 2.24) is 0 Å². The van der Waals surface area contributed by atoms with E-state index in [-0.39, 0.29) is 31.1 Å². The zero-order valence-corrected chi connectivity index (χ0v) is 45.6. The molecule has 6 heteroatoms. The van der Waals surface area contributed by atoms with Gasteiger partial charge in [-0.05, 0) is 57.8 Å². The minimum Gasteiger partial charge on any atom is -0.462 e. The quantitative estimate of drug-likeness (QED) is 0.0262. The molecule has 0 bridgehead atoms. The van der Waals surface area contributed by atoms with Gasteiger partial charge in [0, 0.05) is 19.3 Å². The van der Waals surface area contributed by atoms with Gasteiger partial charge in [-0.15, -0.1) is 0 Å². The van der Waals surface area contributed by atoms with Crippen molar-refractivity contribution in [2.75, 3.05) is 13.2 Å². The molecule has 0 heterocycles. The Bertz CT molecular complexity index is 1140. The second kappa shape index (κ2) is 57.2. The molecule has 0 fully saturated rings. The molecule has 0 amide bonds. The summed E-state index contributed by atoms with van der Waals surface area (Å²) in [5.41, 5.74) is 0. The van der Waals surface area contributed by atoms with Gasteiger partial charge in [0.2, 0.25) is 0 Å². The molecular weight excluding hydrogens is 841 g/mol. The second-order valence-electron chi connectivity index (χ2n) is 20.3. The lowest BCUT2D eigenvalue weighted by Crippen LogP contribution is -2.30. The molecule has 0 aliphatic heterocycles. The lowest BCUT2D eigenvalue weighted by atomic mass is 10.0. The fraction of sp³-hybridized carbons (Fsp3) is 0.855. The maximum Gasteiger partial charge on any atom is 0.306 e. The summed E-state index contributed by atoms with van der Waals surface area (Å²) in [6.45, 7) is 6.64. The first-order valence-electron chi connectivity index (χ1n) is 30.0. The lowest BCUT2D eigenvalue weighted by Gasteiger charge is -2.18. The van der Waals surface area contributed by atoms with E-state index in [4.69, 9.17) is 14.2 Å². The Morgan fingerprint density at radius 2 is 0.529 bits per heavy atom. The van der Waals surface area contributed by atoms with Crippen LogP contribution in [-0.4, -0.2) is 37.2 Å². The van der Waals surface area contributed by atoms with E-state index in [2.05, 4.69) is 57.2 Å². The summed E-state index contributed by atoms with van der Waals surface area (Å²) in [6.07, 6.45) is 68.7. The summed E-state index contributed by atoms with van der Waals surface area (Å²) in [6, 6.07) is 0. The Balaban J connectivity index is 4.19. The molecule has 0 rings (SSSR count). The van der Waals surface area contributed by atoms with Crippen LogP contribution in [0.2, 0.25) is 0 Å². The minimum atomic E-state index is -0.770. The predicted octanol–water partition coefficient (Wildman–Crippen LogP) is 20.0. The summed E-state index contributed by atoms with van der Waals surface area (Å²) >= 11 is 0. The van der Waals surface area contributed by atoms with E-state index in [0.29, 0.717) is 19.3 Å². The topological polar surface area (TPSA) is 78.9 Å². The Labute approximate surface area is 423 Å². The molecule has 6 nitrogen and oxygen atoms in total.